The smallest absolute Gasteiger partial charge is 0.170 e. The summed E-state index contributed by atoms with van der Waals surface area (Å²) in [6, 6.07) is 13.1. The number of rotatable bonds is 3. The van der Waals surface area contributed by atoms with E-state index in [1.54, 1.807) is 18.2 Å². The second-order valence-corrected chi connectivity index (χ2v) is 5.86. The van der Waals surface area contributed by atoms with Crippen LogP contribution in [0, 0.1) is 0 Å². The topological polar surface area (TPSA) is 60.9 Å². The van der Waals surface area contributed by atoms with Gasteiger partial charge in [0.1, 0.15) is 5.82 Å². The molecule has 3 aromatic rings. The van der Waals surface area contributed by atoms with Gasteiger partial charge in [-0.05, 0) is 30.3 Å². The molecule has 0 aliphatic heterocycles. The Morgan fingerprint density at radius 3 is 2.76 bits per heavy atom. The van der Waals surface area contributed by atoms with Crippen molar-refractivity contribution >= 4 is 38.4 Å². The third-order valence-corrected chi connectivity index (χ3v) is 3.90. The Morgan fingerprint density at radius 2 is 2.05 bits per heavy atom. The van der Waals surface area contributed by atoms with Crippen molar-refractivity contribution in [3.8, 4) is 0 Å². The van der Waals surface area contributed by atoms with Crippen LogP contribution >= 0.6 is 15.9 Å². The average molecular weight is 344 g/mol. The van der Waals surface area contributed by atoms with Gasteiger partial charge in [-0.15, -0.1) is 0 Å². The van der Waals surface area contributed by atoms with E-state index < -0.39 is 0 Å². The number of aromatic nitrogens is 2. The lowest BCUT2D eigenvalue weighted by atomic mass is 10.1. The Morgan fingerprint density at radius 1 is 1.29 bits per heavy atom. The van der Waals surface area contributed by atoms with Crippen LogP contribution in [0.2, 0.25) is 0 Å². The number of carbonyl (C=O) groups is 1. The number of para-hydroxylation sites is 2. The van der Waals surface area contributed by atoms with Crippen LogP contribution in [-0.2, 0) is 13.5 Å². The number of nitrogens with two attached hydrogens (primary N) is 1. The van der Waals surface area contributed by atoms with Gasteiger partial charge in [0.05, 0.1) is 17.5 Å². The van der Waals surface area contributed by atoms with Crippen molar-refractivity contribution in [3.05, 3.63) is 58.3 Å². The molecule has 0 spiro atoms. The maximum absolute atomic E-state index is 12.4. The number of nitrogen functional groups attached to an aromatic ring is 1. The maximum Gasteiger partial charge on any atom is 0.170 e. The number of benzene rings is 2. The summed E-state index contributed by atoms with van der Waals surface area (Å²) >= 11 is 3.36. The largest absolute Gasteiger partial charge is 0.399 e. The Balaban J connectivity index is 1.94. The highest BCUT2D eigenvalue weighted by Gasteiger charge is 2.14. The molecule has 2 aromatic carbocycles. The minimum Gasteiger partial charge on any atom is -0.399 e. The van der Waals surface area contributed by atoms with Crippen molar-refractivity contribution in [2.75, 3.05) is 5.73 Å². The fraction of sp³-hybridized carbons (Fsp3) is 0.125. The van der Waals surface area contributed by atoms with Crippen molar-refractivity contribution in [1.82, 2.24) is 9.55 Å². The van der Waals surface area contributed by atoms with Crippen molar-refractivity contribution in [3.63, 3.8) is 0 Å². The molecule has 0 radical (unpaired) electrons. The predicted molar refractivity (Wildman–Crippen MR) is 87.3 cm³/mol. The third-order valence-electron chi connectivity index (χ3n) is 3.44. The van der Waals surface area contributed by atoms with Gasteiger partial charge in [-0.3, -0.25) is 4.79 Å². The number of ketones is 1. The second kappa shape index (κ2) is 5.33. The first-order chi connectivity index (χ1) is 10.0. The van der Waals surface area contributed by atoms with Gasteiger partial charge < -0.3 is 10.3 Å². The molecule has 0 fully saturated rings. The number of hydrogen-bond acceptors (Lipinski definition) is 3. The molecule has 0 atom stereocenters. The fourth-order valence-corrected chi connectivity index (χ4v) is 2.88. The van der Waals surface area contributed by atoms with Crippen molar-refractivity contribution < 1.29 is 4.79 Å². The van der Waals surface area contributed by atoms with Crippen LogP contribution in [0.5, 0.6) is 0 Å². The summed E-state index contributed by atoms with van der Waals surface area (Å²) in [6.07, 6.45) is 0.251. The minimum atomic E-state index is 0.00130. The molecular weight excluding hydrogens is 330 g/mol. The Hall–Kier alpha value is -2.14. The lowest BCUT2D eigenvalue weighted by Gasteiger charge is -2.04. The van der Waals surface area contributed by atoms with Crippen LogP contribution in [-0.4, -0.2) is 15.3 Å². The molecule has 0 bridgehead atoms. The molecule has 1 aromatic heterocycles. The highest BCUT2D eigenvalue weighted by molar-refractivity contribution is 9.10. The Bertz CT molecular complexity index is 818. The van der Waals surface area contributed by atoms with E-state index in [1.807, 2.05) is 35.9 Å². The molecule has 0 amide bonds. The molecule has 0 aliphatic rings. The van der Waals surface area contributed by atoms with E-state index in [1.165, 1.54) is 0 Å². The molecule has 4 nitrogen and oxygen atoms in total. The van der Waals surface area contributed by atoms with E-state index in [9.17, 15) is 4.79 Å². The van der Waals surface area contributed by atoms with E-state index in [4.69, 9.17) is 5.73 Å². The van der Waals surface area contributed by atoms with Crippen molar-refractivity contribution in [1.29, 1.82) is 0 Å². The first-order valence-corrected chi connectivity index (χ1v) is 7.33. The number of anilines is 1. The molecule has 0 saturated heterocycles. The summed E-state index contributed by atoms with van der Waals surface area (Å²) in [7, 11) is 1.92. The zero-order valence-electron chi connectivity index (χ0n) is 11.5. The van der Waals surface area contributed by atoms with Crippen LogP contribution in [0.1, 0.15) is 16.2 Å². The summed E-state index contributed by atoms with van der Waals surface area (Å²) < 4.78 is 2.75. The zero-order valence-corrected chi connectivity index (χ0v) is 13.1. The molecule has 0 aliphatic carbocycles. The van der Waals surface area contributed by atoms with Gasteiger partial charge >= 0.3 is 0 Å². The normalized spacial score (nSPS) is 11.0. The number of imidazole rings is 1. The summed E-state index contributed by atoms with van der Waals surface area (Å²) in [5, 5.41) is 0. The number of halogens is 1. The molecule has 5 heteroatoms. The van der Waals surface area contributed by atoms with Crippen LogP contribution in [0.25, 0.3) is 11.0 Å². The summed E-state index contributed by atoms with van der Waals surface area (Å²) in [5.74, 6) is 0.751. The molecule has 21 heavy (non-hydrogen) atoms. The van der Waals surface area contributed by atoms with Crippen LogP contribution in [0.3, 0.4) is 0 Å². The van der Waals surface area contributed by atoms with Gasteiger partial charge in [-0.25, -0.2) is 4.98 Å². The molecular formula is C16H14BrN3O. The first-order valence-electron chi connectivity index (χ1n) is 6.54. The fourth-order valence-electron chi connectivity index (χ4n) is 2.37. The van der Waals surface area contributed by atoms with Crippen LogP contribution in [0.4, 0.5) is 5.69 Å². The van der Waals surface area contributed by atoms with Gasteiger partial charge in [0.2, 0.25) is 0 Å². The van der Waals surface area contributed by atoms with Gasteiger partial charge in [0, 0.05) is 22.8 Å². The third kappa shape index (κ3) is 2.69. The van der Waals surface area contributed by atoms with E-state index in [0.29, 0.717) is 11.3 Å². The van der Waals surface area contributed by atoms with E-state index in [2.05, 4.69) is 20.9 Å². The molecule has 0 saturated carbocycles. The molecule has 1 heterocycles. The number of Topliss-reactive ketones (excluding diaryl/α,β-unsaturated/α-hetero) is 1. The van der Waals surface area contributed by atoms with Crippen molar-refractivity contribution in [2.24, 2.45) is 7.05 Å². The first kappa shape index (κ1) is 13.8. The molecule has 3 rings (SSSR count). The standard InChI is InChI=1S/C16H14BrN3O/c1-20-14-5-3-2-4-13(14)19-16(20)9-15(21)10-6-11(17)8-12(18)7-10/h2-8H,9,18H2,1H3. The Labute approximate surface area is 130 Å². The van der Waals surface area contributed by atoms with Gasteiger partial charge in [0.15, 0.2) is 5.78 Å². The summed E-state index contributed by atoms with van der Waals surface area (Å²) in [6.45, 7) is 0. The number of carbonyl (C=O) groups excluding carboxylic acids is 1. The summed E-state index contributed by atoms with van der Waals surface area (Å²) in [4.78, 5) is 16.9. The number of hydrogen-bond donors (Lipinski definition) is 1. The molecule has 2 N–H and O–H groups in total. The van der Waals surface area contributed by atoms with E-state index in [0.717, 1.165) is 21.3 Å². The SMILES string of the molecule is Cn1c(CC(=O)c2cc(N)cc(Br)c2)nc2ccccc21. The van der Waals surface area contributed by atoms with Gasteiger partial charge in [-0.2, -0.15) is 0 Å². The Kier molecular flexibility index (Phi) is 3.51. The van der Waals surface area contributed by atoms with Gasteiger partial charge in [-0.1, -0.05) is 28.1 Å². The lowest BCUT2D eigenvalue weighted by molar-refractivity contribution is 0.0990. The second-order valence-electron chi connectivity index (χ2n) is 4.95. The van der Waals surface area contributed by atoms with E-state index in [-0.39, 0.29) is 12.2 Å². The zero-order chi connectivity index (χ0) is 15.0. The van der Waals surface area contributed by atoms with Gasteiger partial charge in [0.25, 0.3) is 0 Å². The highest BCUT2D eigenvalue weighted by Crippen LogP contribution is 2.20. The van der Waals surface area contributed by atoms with Crippen LogP contribution in [0.15, 0.2) is 46.9 Å². The van der Waals surface area contributed by atoms with Crippen molar-refractivity contribution in [2.45, 2.75) is 6.42 Å². The summed E-state index contributed by atoms with van der Waals surface area (Å²) in [5.41, 5.74) is 8.86. The number of fused-ring (bicyclic) bond motifs is 1. The molecule has 106 valence electrons. The average Bonchev–Trinajstić information content (AvgIpc) is 2.75. The minimum absolute atomic E-state index is 0.00130. The monoisotopic (exact) mass is 343 g/mol. The highest BCUT2D eigenvalue weighted by atomic mass is 79.9. The van der Waals surface area contributed by atoms with E-state index >= 15 is 0 Å². The van der Waals surface area contributed by atoms with Crippen LogP contribution < -0.4 is 5.73 Å². The predicted octanol–water partition coefficient (Wildman–Crippen LogP) is 3.34. The quantitative estimate of drug-likeness (QED) is 0.586. The lowest BCUT2D eigenvalue weighted by Crippen LogP contribution is -2.09. The number of nitrogens with zero attached hydrogens (tertiary/aromatic N) is 2. The molecule has 0 unspecified atom stereocenters. The maximum atomic E-state index is 12.4. The number of aryl methyl sites for hydroxylation is 1.